The number of hydrogen-bond acceptors (Lipinski definition) is 1. The van der Waals surface area contributed by atoms with Gasteiger partial charge in [-0.3, -0.25) is 0 Å². The van der Waals surface area contributed by atoms with Crippen LogP contribution in [0, 0.1) is 24.4 Å². The van der Waals surface area contributed by atoms with E-state index in [2.05, 4.69) is 0 Å². The Morgan fingerprint density at radius 1 is 0.889 bits per heavy atom. The van der Waals surface area contributed by atoms with Crippen LogP contribution in [0.5, 0.6) is 0 Å². The maximum atomic E-state index is 13.5. The van der Waals surface area contributed by atoms with E-state index in [1.165, 1.54) is 0 Å². The van der Waals surface area contributed by atoms with Gasteiger partial charge in [0.2, 0.25) is 0 Å². The van der Waals surface area contributed by atoms with Gasteiger partial charge in [-0.2, -0.15) is 0 Å². The van der Waals surface area contributed by atoms with Gasteiger partial charge >= 0.3 is 0 Å². The van der Waals surface area contributed by atoms with E-state index in [1.807, 2.05) is 6.92 Å². The highest BCUT2D eigenvalue weighted by molar-refractivity contribution is 5.33. The summed E-state index contributed by atoms with van der Waals surface area (Å²) in [7, 11) is 0. The second-order valence-electron chi connectivity index (χ2n) is 4.10. The highest BCUT2D eigenvalue weighted by atomic mass is 19.2. The molecule has 0 aliphatic rings. The zero-order valence-electron chi connectivity index (χ0n) is 9.62. The SMILES string of the molecule is Cc1ccc(C(O)c2cc(F)c(F)cc2F)cc1. The molecule has 0 aromatic heterocycles. The monoisotopic (exact) mass is 252 g/mol. The summed E-state index contributed by atoms with van der Waals surface area (Å²) in [6.07, 6.45) is -1.32. The molecule has 0 aliphatic carbocycles. The lowest BCUT2D eigenvalue weighted by Gasteiger charge is -2.13. The van der Waals surface area contributed by atoms with Crippen LogP contribution in [0.25, 0.3) is 0 Å². The molecule has 2 aromatic carbocycles. The molecule has 0 amide bonds. The highest BCUT2D eigenvalue weighted by Crippen LogP contribution is 2.26. The highest BCUT2D eigenvalue weighted by Gasteiger charge is 2.18. The summed E-state index contributed by atoms with van der Waals surface area (Å²) in [6, 6.07) is 7.82. The summed E-state index contributed by atoms with van der Waals surface area (Å²) in [6.45, 7) is 1.87. The molecule has 0 aliphatic heterocycles. The standard InChI is InChI=1S/C14H11F3O/c1-8-2-4-9(5-3-8)14(18)10-6-12(16)13(17)7-11(10)15/h2-7,14,18H,1H3. The molecule has 18 heavy (non-hydrogen) atoms. The molecule has 4 heteroatoms. The molecule has 94 valence electrons. The fourth-order valence-corrected chi connectivity index (χ4v) is 1.68. The number of halogens is 3. The Morgan fingerprint density at radius 3 is 2.06 bits per heavy atom. The van der Waals surface area contributed by atoms with Gasteiger partial charge in [-0.05, 0) is 18.6 Å². The first kappa shape index (κ1) is 12.6. The largest absolute Gasteiger partial charge is 0.384 e. The smallest absolute Gasteiger partial charge is 0.161 e. The fourth-order valence-electron chi connectivity index (χ4n) is 1.68. The van der Waals surface area contributed by atoms with E-state index in [1.54, 1.807) is 24.3 Å². The van der Waals surface area contributed by atoms with Crippen molar-refractivity contribution in [3.8, 4) is 0 Å². The third-order valence-electron chi connectivity index (χ3n) is 2.73. The number of rotatable bonds is 2. The van der Waals surface area contributed by atoms with Crippen molar-refractivity contribution in [1.29, 1.82) is 0 Å². The van der Waals surface area contributed by atoms with Gasteiger partial charge in [-0.1, -0.05) is 29.8 Å². The molecule has 2 aromatic rings. The Balaban J connectivity index is 2.42. The lowest BCUT2D eigenvalue weighted by atomic mass is 10.00. The Labute approximate surface area is 103 Å². The van der Waals surface area contributed by atoms with Gasteiger partial charge in [0.25, 0.3) is 0 Å². The summed E-state index contributed by atoms with van der Waals surface area (Å²) < 4.78 is 39.3. The number of aryl methyl sites for hydroxylation is 1. The minimum Gasteiger partial charge on any atom is -0.384 e. The van der Waals surface area contributed by atoms with E-state index in [4.69, 9.17) is 0 Å². The van der Waals surface area contributed by atoms with Gasteiger partial charge in [0.05, 0.1) is 0 Å². The van der Waals surface area contributed by atoms with Crippen LogP contribution in [0.2, 0.25) is 0 Å². The maximum Gasteiger partial charge on any atom is 0.161 e. The molecule has 0 radical (unpaired) electrons. The van der Waals surface area contributed by atoms with Gasteiger partial charge in [0.1, 0.15) is 11.9 Å². The van der Waals surface area contributed by atoms with Gasteiger partial charge < -0.3 is 5.11 Å². The molecule has 1 N–H and O–H groups in total. The Morgan fingerprint density at radius 2 is 1.44 bits per heavy atom. The molecule has 0 heterocycles. The van der Waals surface area contributed by atoms with Crippen molar-refractivity contribution in [3.63, 3.8) is 0 Å². The van der Waals surface area contributed by atoms with Crippen molar-refractivity contribution in [3.05, 3.63) is 70.5 Å². The molecule has 1 atom stereocenters. The minimum absolute atomic E-state index is 0.280. The van der Waals surface area contributed by atoms with E-state index < -0.39 is 23.6 Å². The molecule has 0 bridgehead atoms. The quantitative estimate of drug-likeness (QED) is 0.811. The summed E-state index contributed by atoms with van der Waals surface area (Å²) >= 11 is 0. The van der Waals surface area contributed by atoms with Crippen molar-refractivity contribution in [2.45, 2.75) is 13.0 Å². The number of aliphatic hydroxyl groups excluding tert-OH is 1. The van der Waals surface area contributed by atoms with Crippen LogP contribution in [0.15, 0.2) is 36.4 Å². The van der Waals surface area contributed by atoms with E-state index in [0.717, 1.165) is 5.56 Å². The molecule has 0 spiro atoms. The zero-order chi connectivity index (χ0) is 13.3. The average molecular weight is 252 g/mol. The zero-order valence-corrected chi connectivity index (χ0v) is 9.62. The second kappa shape index (κ2) is 4.82. The lowest BCUT2D eigenvalue weighted by molar-refractivity contribution is 0.214. The van der Waals surface area contributed by atoms with Crippen LogP contribution < -0.4 is 0 Å². The first-order valence-electron chi connectivity index (χ1n) is 5.38. The number of hydrogen-bond donors (Lipinski definition) is 1. The van der Waals surface area contributed by atoms with Crippen LogP contribution >= 0.6 is 0 Å². The maximum absolute atomic E-state index is 13.5. The Hall–Kier alpha value is -1.81. The van der Waals surface area contributed by atoms with E-state index in [9.17, 15) is 18.3 Å². The summed E-state index contributed by atoms with van der Waals surface area (Å²) in [5, 5.41) is 9.95. The predicted octanol–water partition coefficient (Wildman–Crippen LogP) is 3.49. The lowest BCUT2D eigenvalue weighted by Crippen LogP contribution is -2.04. The number of aliphatic hydroxyl groups is 1. The fraction of sp³-hybridized carbons (Fsp3) is 0.143. The first-order valence-corrected chi connectivity index (χ1v) is 5.38. The van der Waals surface area contributed by atoms with Crippen molar-refractivity contribution < 1.29 is 18.3 Å². The van der Waals surface area contributed by atoms with Crippen molar-refractivity contribution in [2.75, 3.05) is 0 Å². The molecule has 0 saturated heterocycles. The van der Waals surface area contributed by atoms with Gasteiger partial charge in [0, 0.05) is 11.6 Å². The van der Waals surface area contributed by atoms with Crippen LogP contribution in [-0.4, -0.2) is 5.11 Å². The van der Waals surface area contributed by atoms with Crippen molar-refractivity contribution in [1.82, 2.24) is 0 Å². The molecule has 0 saturated carbocycles. The van der Waals surface area contributed by atoms with Crippen LogP contribution in [0.3, 0.4) is 0 Å². The normalized spacial score (nSPS) is 12.5. The van der Waals surface area contributed by atoms with Crippen LogP contribution in [0.4, 0.5) is 13.2 Å². The van der Waals surface area contributed by atoms with Crippen LogP contribution in [-0.2, 0) is 0 Å². The predicted molar refractivity (Wildman–Crippen MR) is 61.6 cm³/mol. The average Bonchev–Trinajstić information content (AvgIpc) is 2.34. The minimum atomic E-state index is -1.32. The van der Waals surface area contributed by atoms with E-state index in [0.29, 0.717) is 17.7 Å². The molecule has 0 fully saturated rings. The topological polar surface area (TPSA) is 20.2 Å². The van der Waals surface area contributed by atoms with Gasteiger partial charge in [-0.15, -0.1) is 0 Å². The third-order valence-corrected chi connectivity index (χ3v) is 2.73. The third kappa shape index (κ3) is 2.38. The van der Waals surface area contributed by atoms with E-state index >= 15 is 0 Å². The number of benzene rings is 2. The van der Waals surface area contributed by atoms with Gasteiger partial charge in [0.15, 0.2) is 11.6 Å². The van der Waals surface area contributed by atoms with E-state index in [-0.39, 0.29) is 5.56 Å². The van der Waals surface area contributed by atoms with Gasteiger partial charge in [-0.25, -0.2) is 13.2 Å². The molecular weight excluding hydrogens is 241 g/mol. The van der Waals surface area contributed by atoms with Crippen molar-refractivity contribution >= 4 is 0 Å². The second-order valence-corrected chi connectivity index (χ2v) is 4.10. The summed E-state index contributed by atoms with van der Waals surface area (Å²) in [4.78, 5) is 0. The van der Waals surface area contributed by atoms with Crippen molar-refractivity contribution in [2.24, 2.45) is 0 Å². The molecule has 2 rings (SSSR count). The summed E-state index contributed by atoms with van der Waals surface area (Å²) in [5.41, 5.74) is 1.12. The molecular formula is C14H11F3O. The Kier molecular flexibility index (Phi) is 3.39. The first-order chi connectivity index (χ1) is 8.49. The van der Waals surface area contributed by atoms with Crippen LogP contribution in [0.1, 0.15) is 22.8 Å². The Bertz CT molecular complexity index is 564. The summed E-state index contributed by atoms with van der Waals surface area (Å²) in [5.74, 6) is -3.42. The molecule has 1 nitrogen and oxygen atoms in total. The molecule has 1 unspecified atom stereocenters.